The van der Waals surface area contributed by atoms with E-state index >= 15 is 0 Å². The summed E-state index contributed by atoms with van der Waals surface area (Å²) in [6, 6.07) is 14.1. The maximum absolute atomic E-state index is 12.2. The van der Waals surface area contributed by atoms with Crippen LogP contribution in [0.5, 0.6) is 5.75 Å². The lowest BCUT2D eigenvalue weighted by Gasteiger charge is -2.06. The number of hydrogen-bond acceptors (Lipinski definition) is 5. The third-order valence-electron chi connectivity index (χ3n) is 3.22. The Labute approximate surface area is 145 Å². The molecule has 1 amide bonds. The fourth-order valence-corrected chi connectivity index (χ4v) is 1.99. The lowest BCUT2D eigenvalue weighted by molar-refractivity contribution is -0.112. The third kappa shape index (κ3) is 4.94. The van der Waals surface area contributed by atoms with Gasteiger partial charge in [0, 0.05) is 5.69 Å². The van der Waals surface area contributed by atoms with Crippen LogP contribution in [0.4, 0.5) is 5.69 Å². The summed E-state index contributed by atoms with van der Waals surface area (Å²) in [7, 11) is 0. The minimum Gasteiger partial charge on any atom is -0.508 e. The quantitative estimate of drug-likeness (QED) is 0.496. The molecule has 6 heteroatoms. The van der Waals surface area contributed by atoms with Gasteiger partial charge in [-0.3, -0.25) is 4.79 Å². The van der Waals surface area contributed by atoms with Crippen LogP contribution in [0.3, 0.4) is 0 Å². The van der Waals surface area contributed by atoms with Crippen molar-refractivity contribution in [2.45, 2.75) is 6.92 Å². The topological polar surface area (TPSA) is 99.4 Å². The van der Waals surface area contributed by atoms with Crippen LogP contribution in [0.15, 0.2) is 54.1 Å². The van der Waals surface area contributed by atoms with Crippen LogP contribution in [-0.2, 0) is 9.53 Å². The number of carbonyl (C=O) groups is 2. The van der Waals surface area contributed by atoms with E-state index in [2.05, 4.69) is 5.32 Å². The van der Waals surface area contributed by atoms with Crippen molar-refractivity contribution >= 4 is 23.6 Å². The van der Waals surface area contributed by atoms with Crippen LogP contribution in [0.2, 0.25) is 0 Å². The highest BCUT2D eigenvalue weighted by Gasteiger charge is 2.11. The van der Waals surface area contributed by atoms with Gasteiger partial charge in [-0.1, -0.05) is 12.1 Å². The molecule has 0 spiro atoms. The summed E-state index contributed by atoms with van der Waals surface area (Å²) in [4.78, 5) is 23.8. The van der Waals surface area contributed by atoms with Crippen LogP contribution < -0.4 is 5.32 Å². The summed E-state index contributed by atoms with van der Waals surface area (Å²) in [6.45, 7) is 2.00. The zero-order chi connectivity index (χ0) is 18.2. The van der Waals surface area contributed by atoms with Gasteiger partial charge in [-0.2, -0.15) is 5.26 Å². The molecule has 0 saturated carbocycles. The SMILES string of the molecule is CCOC(=O)c1ccc(NC(=O)/C(C#N)=C/c2ccc(O)cc2)cc1. The van der Waals surface area contributed by atoms with Gasteiger partial charge in [0.15, 0.2) is 0 Å². The maximum Gasteiger partial charge on any atom is 0.338 e. The fraction of sp³-hybridized carbons (Fsp3) is 0.105. The molecule has 0 aromatic heterocycles. The Bertz CT molecular complexity index is 831. The number of benzene rings is 2. The lowest BCUT2D eigenvalue weighted by Crippen LogP contribution is -2.13. The number of nitrogens with one attached hydrogen (secondary N) is 1. The fourth-order valence-electron chi connectivity index (χ4n) is 1.99. The molecule has 2 aromatic carbocycles. The number of nitriles is 1. The molecule has 0 fully saturated rings. The molecule has 0 aliphatic carbocycles. The van der Waals surface area contributed by atoms with Crippen molar-refractivity contribution in [2.24, 2.45) is 0 Å². The molecule has 0 heterocycles. The number of phenolic OH excluding ortho intramolecular Hbond substituents is 1. The van der Waals surface area contributed by atoms with Gasteiger partial charge in [-0.15, -0.1) is 0 Å². The van der Waals surface area contributed by atoms with Crippen molar-refractivity contribution in [3.8, 4) is 11.8 Å². The molecular formula is C19H16N2O4. The first-order chi connectivity index (χ1) is 12.0. The molecule has 0 aliphatic heterocycles. The second kappa shape index (κ2) is 8.31. The van der Waals surface area contributed by atoms with Crippen LogP contribution in [0.25, 0.3) is 6.08 Å². The molecule has 0 aliphatic rings. The number of rotatable bonds is 5. The van der Waals surface area contributed by atoms with E-state index in [1.807, 2.05) is 6.07 Å². The average molecular weight is 336 g/mol. The largest absolute Gasteiger partial charge is 0.508 e. The molecule has 6 nitrogen and oxygen atoms in total. The van der Waals surface area contributed by atoms with Gasteiger partial charge in [-0.25, -0.2) is 4.79 Å². The molecule has 2 aromatic rings. The van der Waals surface area contributed by atoms with Gasteiger partial charge < -0.3 is 15.2 Å². The highest BCUT2D eigenvalue weighted by Crippen LogP contribution is 2.15. The number of nitrogens with zero attached hydrogens (tertiary/aromatic N) is 1. The van der Waals surface area contributed by atoms with E-state index in [0.717, 1.165) is 0 Å². The molecule has 126 valence electrons. The highest BCUT2D eigenvalue weighted by molar-refractivity contribution is 6.09. The second-order valence-electron chi connectivity index (χ2n) is 5.01. The zero-order valence-corrected chi connectivity index (χ0v) is 13.5. The van der Waals surface area contributed by atoms with E-state index in [1.54, 1.807) is 31.2 Å². The summed E-state index contributed by atoms with van der Waals surface area (Å²) in [6.07, 6.45) is 1.42. The molecule has 0 unspecified atom stereocenters. The van der Waals surface area contributed by atoms with Gasteiger partial charge in [0.05, 0.1) is 12.2 Å². The molecular weight excluding hydrogens is 320 g/mol. The standard InChI is InChI=1S/C19H16N2O4/c1-2-25-19(24)14-5-7-16(8-6-14)21-18(23)15(12-20)11-13-3-9-17(22)10-4-13/h3-11,22H,2H2,1H3,(H,21,23)/b15-11+. The van der Waals surface area contributed by atoms with E-state index in [0.29, 0.717) is 16.8 Å². The Morgan fingerprint density at radius 3 is 2.36 bits per heavy atom. The normalized spacial score (nSPS) is 10.6. The van der Waals surface area contributed by atoms with Crippen molar-refractivity contribution in [1.29, 1.82) is 5.26 Å². The van der Waals surface area contributed by atoms with Crippen molar-refractivity contribution < 1.29 is 19.4 Å². The first kappa shape index (κ1) is 17.8. The Hall–Kier alpha value is -3.59. The Morgan fingerprint density at radius 1 is 1.16 bits per heavy atom. The smallest absolute Gasteiger partial charge is 0.338 e. The minimum absolute atomic E-state index is 0.0832. The number of esters is 1. The van der Waals surface area contributed by atoms with E-state index in [1.165, 1.54) is 30.3 Å². The summed E-state index contributed by atoms with van der Waals surface area (Å²) < 4.78 is 4.88. The highest BCUT2D eigenvalue weighted by atomic mass is 16.5. The van der Waals surface area contributed by atoms with Crippen LogP contribution in [0, 0.1) is 11.3 Å². The van der Waals surface area contributed by atoms with Gasteiger partial charge in [0.1, 0.15) is 17.4 Å². The van der Waals surface area contributed by atoms with Crippen molar-refractivity contribution in [1.82, 2.24) is 0 Å². The van der Waals surface area contributed by atoms with Crippen molar-refractivity contribution in [3.05, 3.63) is 65.2 Å². The molecule has 25 heavy (non-hydrogen) atoms. The number of phenols is 1. The second-order valence-corrected chi connectivity index (χ2v) is 5.01. The van der Waals surface area contributed by atoms with E-state index in [4.69, 9.17) is 4.74 Å². The maximum atomic E-state index is 12.2. The third-order valence-corrected chi connectivity index (χ3v) is 3.22. The number of hydrogen-bond donors (Lipinski definition) is 2. The Kier molecular flexibility index (Phi) is 5.91. The van der Waals surface area contributed by atoms with Gasteiger partial charge >= 0.3 is 5.97 Å². The molecule has 0 radical (unpaired) electrons. The van der Waals surface area contributed by atoms with Crippen molar-refractivity contribution in [2.75, 3.05) is 11.9 Å². The predicted molar refractivity (Wildman–Crippen MR) is 92.7 cm³/mol. The summed E-state index contributed by atoms with van der Waals surface area (Å²) >= 11 is 0. The monoisotopic (exact) mass is 336 g/mol. The van der Waals surface area contributed by atoms with Crippen LogP contribution >= 0.6 is 0 Å². The molecule has 2 N–H and O–H groups in total. The van der Waals surface area contributed by atoms with Crippen LogP contribution in [-0.4, -0.2) is 23.6 Å². The average Bonchev–Trinajstić information content (AvgIpc) is 2.62. The zero-order valence-electron chi connectivity index (χ0n) is 13.5. The van der Waals surface area contributed by atoms with E-state index in [9.17, 15) is 20.0 Å². The van der Waals surface area contributed by atoms with E-state index < -0.39 is 11.9 Å². The molecule has 0 saturated heterocycles. The first-order valence-electron chi connectivity index (χ1n) is 7.53. The minimum atomic E-state index is -0.570. The number of aromatic hydroxyl groups is 1. The first-order valence-corrected chi connectivity index (χ1v) is 7.53. The van der Waals surface area contributed by atoms with Gasteiger partial charge in [-0.05, 0) is 55.0 Å². The summed E-state index contributed by atoms with van der Waals surface area (Å²) in [5.41, 5.74) is 1.35. The molecule has 2 rings (SSSR count). The predicted octanol–water partition coefficient (Wildman–Crippen LogP) is 3.11. The van der Waals surface area contributed by atoms with E-state index in [-0.39, 0.29) is 17.9 Å². The molecule has 0 atom stereocenters. The van der Waals surface area contributed by atoms with Crippen molar-refractivity contribution in [3.63, 3.8) is 0 Å². The summed E-state index contributed by atoms with van der Waals surface area (Å²) in [5, 5.41) is 21.0. The Morgan fingerprint density at radius 2 is 1.80 bits per heavy atom. The number of carbonyl (C=O) groups excluding carboxylic acids is 2. The lowest BCUT2D eigenvalue weighted by atomic mass is 10.1. The number of anilines is 1. The molecule has 0 bridgehead atoms. The van der Waals surface area contributed by atoms with Gasteiger partial charge in [0.25, 0.3) is 5.91 Å². The van der Waals surface area contributed by atoms with Crippen LogP contribution in [0.1, 0.15) is 22.8 Å². The number of amides is 1. The number of ether oxygens (including phenoxy) is 1. The Balaban J connectivity index is 2.10. The van der Waals surface area contributed by atoms with Gasteiger partial charge in [0.2, 0.25) is 0 Å². The summed E-state index contributed by atoms with van der Waals surface area (Å²) in [5.74, 6) is -0.911.